The zero-order valence-corrected chi connectivity index (χ0v) is 17.7. The van der Waals surface area contributed by atoms with Crippen LogP contribution in [0.15, 0.2) is 64.5 Å². The molecule has 0 radical (unpaired) electrons. The van der Waals surface area contributed by atoms with Gasteiger partial charge in [0.15, 0.2) is 0 Å². The van der Waals surface area contributed by atoms with E-state index in [2.05, 4.69) is 22.5 Å². The summed E-state index contributed by atoms with van der Waals surface area (Å²) in [7, 11) is -3.89. The maximum absolute atomic E-state index is 13.2. The van der Waals surface area contributed by atoms with E-state index in [4.69, 9.17) is 10.00 Å². The van der Waals surface area contributed by atoms with Crippen LogP contribution >= 0.6 is 15.9 Å². The summed E-state index contributed by atoms with van der Waals surface area (Å²) >= 11 is 3.25. The Balaban J connectivity index is 2.39. The molecule has 28 heavy (non-hydrogen) atoms. The minimum Gasteiger partial charge on any atom is -0.462 e. The molecule has 0 saturated heterocycles. The Morgan fingerprint density at radius 1 is 1.32 bits per heavy atom. The molecule has 2 aromatic carbocycles. The second kappa shape index (κ2) is 9.64. The van der Waals surface area contributed by atoms with E-state index in [1.807, 2.05) is 6.07 Å². The van der Waals surface area contributed by atoms with Crippen LogP contribution in [0.4, 0.5) is 0 Å². The van der Waals surface area contributed by atoms with E-state index in [-0.39, 0.29) is 34.6 Å². The molecule has 0 aliphatic heterocycles. The summed E-state index contributed by atoms with van der Waals surface area (Å²) in [4.78, 5) is 11.9. The fourth-order valence-corrected chi connectivity index (χ4v) is 4.96. The first-order valence-electron chi connectivity index (χ1n) is 8.40. The Morgan fingerprint density at radius 3 is 2.68 bits per heavy atom. The highest BCUT2D eigenvalue weighted by atomic mass is 79.9. The molecule has 0 saturated carbocycles. The van der Waals surface area contributed by atoms with E-state index in [1.165, 1.54) is 28.6 Å². The third kappa shape index (κ3) is 5.07. The van der Waals surface area contributed by atoms with Crippen molar-refractivity contribution in [2.24, 2.45) is 0 Å². The van der Waals surface area contributed by atoms with Crippen molar-refractivity contribution < 1.29 is 17.9 Å². The Morgan fingerprint density at radius 2 is 2.07 bits per heavy atom. The third-order valence-electron chi connectivity index (χ3n) is 3.81. The molecule has 0 amide bonds. The number of hydrogen-bond donors (Lipinski definition) is 0. The van der Waals surface area contributed by atoms with Crippen molar-refractivity contribution in [3.8, 4) is 6.07 Å². The number of hydrogen-bond acceptors (Lipinski definition) is 5. The predicted octanol–water partition coefficient (Wildman–Crippen LogP) is 3.87. The summed E-state index contributed by atoms with van der Waals surface area (Å²) in [6, 6.07) is 13.0. The molecule has 8 heteroatoms. The highest BCUT2D eigenvalue weighted by Gasteiger charge is 2.27. The second-order valence-electron chi connectivity index (χ2n) is 5.76. The van der Waals surface area contributed by atoms with Gasteiger partial charge in [-0.25, -0.2) is 13.2 Å². The van der Waals surface area contributed by atoms with Crippen LogP contribution in [0, 0.1) is 11.3 Å². The highest BCUT2D eigenvalue weighted by Crippen LogP contribution is 2.27. The van der Waals surface area contributed by atoms with Crippen molar-refractivity contribution >= 4 is 31.9 Å². The molecule has 0 fully saturated rings. The number of sulfonamides is 1. The second-order valence-corrected chi connectivity index (χ2v) is 8.52. The average Bonchev–Trinajstić information content (AvgIpc) is 2.67. The summed E-state index contributed by atoms with van der Waals surface area (Å²) < 4.78 is 32.8. The lowest BCUT2D eigenvalue weighted by atomic mass is 10.1. The number of carbonyl (C=O) groups is 1. The fourth-order valence-electron chi connectivity index (χ4n) is 2.53. The number of nitrogens with zero attached hydrogens (tertiary/aromatic N) is 2. The minimum absolute atomic E-state index is 0.0267. The number of carbonyl (C=O) groups excluding carboxylic acids is 1. The molecule has 0 heterocycles. The summed E-state index contributed by atoms with van der Waals surface area (Å²) in [5.74, 6) is -0.525. The summed E-state index contributed by atoms with van der Waals surface area (Å²) in [5, 5.41) is 9.04. The molecule has 0 aliphatic rings. The van der Waals surface area contributed by atoms with Crippen molar-refractivity contribution in [1.82, 2.24) is 4.31 Å². The van der Waals surface area contributed by atoms with Gasteiger partial charge in [-0.2, -0.15) is 9.57 Å². The SMILES string of the molecule is C=CCN(Cc1cccc(C#N)c1)S(=O)(=O)c1ccc(C(=O)OCC)cc1Br. The lowest BCUT2D eigenvalue weighted by Gasteiger charge is -2.22. The molecule has 2 aromatic rings. The average molecular weight is 463 g/mol. The van der Waals surface area contributed by atoms with Gasteiger partial charge in [0.05, 0.1) is 28.7 Å². The first kappa shape index (κ1) is 21.8. The first-order valence-corrected chi connectivity index (χ1v) is 10.6. The maximum atomic E-state index is 13.2. The largest absolute Gasteiger partial charge is 0.462 e. The number of halogens is 1. The number of ether oxygens (including phenoxy) is 1. The molecule has 0 bridgehead atoms. The van der Waals surface area contributed by atoms with Gasteiger partial charge >= 0.3 is 5.97 Å². The zero-order chi connectivity index (χ0) is 20.7. The molecule has 0 atom stereocenters. The zero-order valence-electron chi connectivity index (χ0n) is 15.3. The molecule has 0 spiro atoms. The van der Waals surface area contributed by atoms with Crippen molar-refractivity contribution in [2.45, 2.75) is 18.4 Å². The smallest absolute Gasteiger partial charge is 0.338 e. The number of rotatable bonds is 8. The number of benzene rings is 2. The van der Waals surface area contributed by atoms with Crippen molar-refractivity contribution in [2.75, 3.05) is 13.2 Å². The van der Waals surface area contributed by atoms with Gasteiger partial charge in [-0.3, -0.25) is 0 Å². The van der Waals surface area contributed by atoms with Crippen molar-refractivity contribution in [3.63, 3.8) is 0 Å². The number of esters is 1. The van der Waals surface area contributed by atoms with E-state index in [9.17, 15) is 13.2 Å². The van der Waals surface area contributed by atoms with Crippen LogP contribution in [-0.4, -0.2) is 31.8 Å². The highest BCUT2D eigenvalue weighted by molar-refractivity contribution is 9.10. The first-order chi connectivity index (χ1) is 13.3. The normalized spacial score (nSPS) is 11.1. The summed E-state index contributed by atoms with van der Waals surface area (Å²) in [6.45, 7) is 5.72. The quantitative estimate of drug-likeness (QED) is 0.438. The van der Waals surface area contributed by atoms with Gasteiger partial charge in [-0.15, -0.1) is 6.58 Å². The number of nitriles is 1. The molecule has 0 unspecified atom stereocenters. The van der Waals surface area contributed by atoms with Crippen LogP contribution in [-0.2, 0) is 21.3 Å². The minimum atomic E-state index is -3.89. The monoisotopic (exact) mass is 462 g/mol. The molecule has 2 rings (SSSR count). The van der Waals surface area contributed by atoms with E-state index in [0.29, 0.717) is 11.1 Å². The topological polar surface area (TPSA) is 87.5 Å². The van der Waals surface area contributed by atoms with Gasteiger partial charge in [-0.05, 0) is 58.7 Å². The molecule has 0 N–H and O–H groups in total. The van der Waals surface area contributed by atoms with Crippen LogP contribution in [0.5, 0.6) is 0 Å². The van der Waals surface area contributed by atoms with Crippen LogP contribution in [0.25, 0.3) is 0 Å². The van der Waals surface area contributed by atoms with E-state index < -0.39 is 16.0 Å². The molecule has 6 nitrogen and oxygen atoms in total. The predicted molar refractivity (Wildman–Crippen MR) is 109 cm³/mol. The van der Waals surface area contributed by atoms with Crippen LogP contribution in [0.3, 0.4) is 0 Å². The lowest BCUT2D eigenvalue weighted by molar-refractivity contribution is 0.0526. The molecular formula is C20H19BrN2O4S. The van der Waals surface area contributed by atoms with Crippen LogP contribution in [0.2, 0.25) is 0 Å². The Kier molecular flexibility index (Phi) is 7.52. The molecule has 0 aliphatic carbocycles. The lowest BCUT2D eigenvalue weighted by Crippen LogP contribution is -2.31. The maximum Gasteiger partial charge on any atom is 0.338 e. The Hall–Kier alpha value is -2.47. The van der Waals surface area contributed by atoms with Gasteiger partial charge in [0.2, 0.25) is 10.0 Å². The van der Waals surface area contributed by atoms with E-state index >= 15 is 0 Å². The molecule has 146 valence electrons. The third-order valence-corrected chi connectivity index (χ3v) is 6.60. The van der Waals surface area contributed by atoms with Gasteiger partial charge in [0.1, 0.15) is 0 Å². The van der Waals surface area contributed by atoms with Gasteiger partial charge < -0.3 is 4.74 Å². The van der Waals surface area contributed by atoms with Crippen LogP contribution in [0.1, 0.15) is 28.4 Å². The Labute approximate surface area is 173 Å². The van der Waals surface area contributed by atoms with Gasteiger partial charge in [0, 0.05) is 17.6 Å². The van der Waals surface area contributed by atoms with Crippen molar-refractivity contribution in [3.05, 3.63) is 76.3 Å². The Bertz CT molecular complexity index is 1030. The van der Waals surface area contributed by atoms with Crippen molar-refractivity contribution in [1.29, 1.82) is 5.26 Å². The van der Waals surface area contributed by atoms with Gasteiger partial charge in [0.25, 0.3) is 0 Å². The molecular weight excluding hydrogens is 444 g/mol. The fraction of sp³-hybridized carbons (Fsp3) is 0.200. The standard InChI is InChI=1S/C20H19BrN2O4S/c1-3-10-23(14-16-7-5-6-15(11-16)13-22)28(25,26)19-9-8-17(12-18(19)21)20(24)27-4-2/h3,5-9,11-12H,1,4,10,14H2,2H3. The van der Waals surface area contributed by atoms with Gasteiger partial charge in [-0.1, -0.05) is 18.2 Å². The van der Waals surface area contributed by atoms with E-state index in [0.717, 1.165) is 0 Å². The summed E-state index contributed by atoms with van der Waals surface area (Å²) in [6.07, 6.45) is 1.49. The molecule has 0 aromatic heterocycles. The van der Waals surface area contributed by atoms with E-state index in [1.54, 1.807) is 31.2 Å². The summed E-state index contributed by atoms with van der Waals surface area (Å²) in [5.41, 5.74) is 1.39. The van der Waals surface area contributed by atoms with Crippen LogP contribution < -0.4 is 0 Å².